The number of allylic oxidation sites excluding steroid dienone is 1. The Morgan fingerprint density at radius 3 is 2.21 bits per heavy atom. The molecule has 0 aliphatic heterocycles. The lowest BCUT2D eigenvalue weighted by Gasteiger charge is -2.19. The van der Waals surface area contributed by atoms with E-state index in [1.165, 1.54) is 17.5 Å². The summed E-state index contributed by atoms with van der Waals surface area (Å²) in [5, 5.41) is 0. The molecule has 2 aliphatic rings. The lowest BCUT2D eigenvalue weighted by atomic mass is 9.86. The lowest BCUT2D eigenvalue weighted by molar-refractivity contribution is -0.118. The maximum absolute atomic E-state index is 12.1. The highest BCUT2D eigenvalue weighted by Crippen LogP contribution is 2.46. The molecular weight excluding hydrogens is 232 g/mol. The summed E-state index contributed by atoms with van der Waals surface area (Å²) < 4.78 is 0. The van der Waals surface area contributed by atoms with Crippen molar-refractivity contribution < 1.29 is 4.79 Å². The molecule has 1 heteroatoms. The zero-order chi connectivity index (χ0) is 13.6. The first-order valence-electron chi connectivity index (χ1n) is 7.31. The molecule has 2 fully saturated rings. The average molecular weight is 254 g/mol. The van der Waals surface area contributed by atoms with Crippen LogP contribution >= 0.6 is 0 Å². The minimum atomic E-state index is 0.188. The van der Waals surface area contributed by atoms with Crippen molar-refractivity contribution in [1.82, 2.24) is 0 Å². The molecule has 2 saturated carbocycles. The molecule has 0 spiro atoms. The van der Waals surface area contributed by atoms with E-state index in [0.717, 1.165) is 18.4 Å². The molecule has 0 amide bonds. The predicted octanol–water partition coefficient (Wildman–Crippen LogP) is 4.37. The van der Waals surface area contributed by atoms with Crippen molar-refractivity contribution in [2.75, 3.05) is 0 Å². The quantitative estimate of drug-likeness (QED) is 0.680. The van der Waals surface area contributed by atoms with E-state index in [1.807, 2.05) is 0 Å². The van der Waals surface area contributed by atoms with Crippen LogP contribution in [0.3, 0.4) is 0 Å². The first-order valence-corrected chi connectivity index (χ1v) is 7.31. The van der Waals surface area contributed by atoms with Gasteiger partial charge in [-0.15, -0.1) is 0 Å². The maximum Gasteiger partial charge on any atom is 0.162 e. The highest BCUT2D eigenvalue weighted by atomic mass is 16.1. The fourth-order valence-corrected chi connectivity index (χ4v) is 3.39. The number of Topliss-reactive ketones (excluding diaryl/α,β-unsaturated/α-hetero) is 1. The molecule has 0 N–H and O–H groups in total. The zero-order valence-electron chi connectivity index (χ0n) is 12.1. The van der Waals surface area contributed by atoms with Crippen LogP contribution in [0.4, 0.5) is 0 Å². The second-order valence-electron chi connectivity index (χ2n) is 7.04. The van der Waals surface area contributed by atoms with Gasteiger partial charge in [-0.25, -0.2) is 0 Å². The highest BCUT2D eigenvalue weighted by Gasteiger charge is 2.42. The Hall–Kier alpha value is -1.37. The minimum absolute atomic E-state index is 0.188. The van der Waals surface area contributed by atoms with Gasteiger partial charge in [0.25, 0.3) is 0 Å². The van der Waals surface area contributed by atoms with Crippen molar-refractivity contribution in [1.29, 1.82) is 0 Å². The van der Waals surface area contributed by atoms with Crippen LogP contribution in [0.5, 0.6) is 0 Å². The highest BCUT2D eigenvalue weighted by molar-refractivity contribution is 6.04. The summed E-state index contributed by atoms with van der Waals surface area (Å²) >= 11 is 0. The fraction of sp³-hybridized carbons (Fsp3) is 0.500. The molecule has 2 unspecified atom stereocenters. The number of rotatable bonds is 1. The molecule has 2 aliphatic carbocycles. The van der Waals surface area contributed by atoms with Gasteiger partial charge in [-0.05, 0) is 53.4 Å². The number of hydrogen-bond donors (Lipinski definition) is 0. The van der Waals surface area contributed by atoms with Gasteiger partial charge in [-0.2, -0.15) is 0 Å². The molecule has 2 bridgehead atoms. The second kappa shape index (κ2) is 4.33. The van der Waals surface area contributed by atoms with Crippen LogP contribution in [0.25, 0.3) is 6.08 Å². The third kappa shape index (κ3) is 2.27. The van der Waals surface area contributed by atoms with Crippen LogP contribution in [-0.2, 0) is 10.2 Å². The van der Waals surface area contributed by atoms with Crippen LogP contribution in [0.15, 0.2) is 29.8 Å². The average Bonchev–Trinajstić information content (AvgIpc) is 2.93. The van der Waals surface area contributed by atoms with Crippen LogP contribution in [0.1, 0.15) is 51.2 Å². The SMILES string of the molecule is CC(C)(C)c1ccc(C=C2C(=O)C3CCC2C3)cc1. The summed E-state index contributed by atoms with van der Waals surface area (Å²) in [6.45, 7) is 6.67. The first-order chi connectivity index (χ1) is 8.95. The van der Waals surface area contributed by atoms with E-state index in [1.54, 1.807) is 0 Å². The van der Waals surface area contributed by atoms with Crippen molar-refractivity contribution in [3.8, 4) is 0 Å². The maximum atomic E-state index is 12.1. The Morgan fingerprint density at radius 2 is 1.68 bits per heavy atom. The number of fused-ring (bicyclic) bond motifs is 2. The topological polar surface area (TPSA) is 17.1 Å². The number of hydrogen-bond acceptors (Lipinski definition) is 1. The molecule has 0 saturated heterocycles. The van der Waals surface area contributed by atoms with Crippen LogP contribution in [-0.4, -0.2) is 5.78 Å². The molecule has 1 aromatic rings. The molecule has 2 atom stereocenters. The van der Waals surface area contributed by atoms with Crippen molar-refractivity contribution >= 4 is 11.9 Å². The van der Waals surface area contributed by atoms with E-state index in [2.05, 4.69) is 51.1 Å². The van der Waals surface area contributed by atoms with Crippen molar-refractivity contribution in [3.05, 3.63) is 41.0 Å². The monoisotopic (exact) mass is 254 g/mol. The summed E-state index contributed by atoms with van der Waals surface area (Å²) in [6, 6.07) is 8.66. The zero-order valence-corrected chi connectivity index (χ0v) is 12.1. The van der Waals surface area contributed by atoms with Crippen molar-refractivity contribution in [2.45, 2.75) is 45.4 Å². The Labute approximate surface area is 115 Å². The smallest absolute Gasteiger partial charge is 0.162 e. The molecule has 0 radical (unpaired) electrons. The molecule has 0 aromatic heterocycles. The third-order valence-corrected chi connectivity index (χ3v) is 4.63. The molecule has 1 aromatic carbocycles. The summed E-state index contributed by atoms with van der Waals surface area (Å²) in [7, 11) is 0. The Bertz CT molecular complexity index is 528. The van der Waals surface area contributed by atoms with Crippen LogP contribution in [0, 0.1) is 11.8 Å². The number of ketones is 1. The number of benzene rings is 1. The van der Waals surface area contributed by atoms with Crippen molar-refractivity contribution in [2.24, 2.45) is 11.8 Å². The summed E-state index contributed by atoms with van der Waals surface area (Å²) in [6.07, 6.45) is 5.55. The van der Waals surface area contributed by atoms with Crippen LogP contribution in [0.2, 0.25) is 0 Å². The van der Waals surface area contributed by atoms with E-state index in [9.17, 15) is 4.79 Å². The van der Waals surface area contributed by atoms with Gasteiger partial charge in [-0.1, -0.05) is 45.0 Å². The van der Waals surface area contributed by atoms with Gasteiger partial charge in [0.15, 0.2) is 5.78 Å². The third-order valence-electron chi connectivity index (χ3n) is 4.63. The molecule has 3 rings (SSSR count). The van der Waals surface area contributed by atoms with Gasteiger partial charge in [0.2, 0.25) is 0 Å². The summed E-state index contributed by atoms with van der Waals surface area (Å²) in [4.78, 5) is 12.1. The molecule has 0 heterocycles. The molecular formula is C18H22O. The van der Waals surface area contributed by atoms with E-state index in [-0.39, 0.29) is 5.41 Å². The summed E-state index contributed by atoms with van der Waals surface area (Å²) in [5.41, 5.74) is 3.78. The standard InChI is InChI=1S/C18H22O/c1-18(2,3)15-8-4-12(5-9-15)10-16-13-6-7-14(11-13)17(16)19/h4-5,8-10,13-14H,6-7,11H2,1-3H3. The Morgan fingerprint density at radius 1 is 1.05 bits per heavy atom. The molecule has 19 heavy (non-hydrogen) atoms. The van der Waals surface area contributed by atoms with E-state index >= 15 is 0 Å². The lowest BCUT2D eigenvalue weighted by Crippen LogP contribution is -2.12. The first kappa shape index (κ1) is 12.7. The van der Waals surface area contributed by atoms with Crippen molar-refractivity contribution in [3.63, 3.8) is 0 Å². The van der Waals surface area contributed by atoms with E-state index < -0.39 is 0 Å². The Kier molecular flexibility index (Phi) is 2.88. The van der Waals surface area contributed by atoms with Gasteiger partial charge in [-0.3, -0.25) is 4.79 Å². The van der Waals surface area contributed by atoms with Gasteiger partial charge >= 0.3 is 0 Å². The van der Waals surface area contributed by atoms with E-state index in [4.69, 9.17) is 0 Å². The molecule has 1 nitrogen and oxygen atoms in total. The second-order valence-corrected chi connectivity index (χ2v) is 7.04. The van der Waals surface area contributed by atoms with E-state index in [0.29, 0.717) is 17.6 Å². The van der Waals surface area contributed by atoms with Gasteiger partial charge < -0.3 is 0 Å². The number of carbonyl (C=O) groups is 1. The predicted molar refractivity (Wildman–Crippen MR) is 79.0 cm³/mol. The summed E-state index contributed by atoms with van der Waals surface area (Å²) in [5.74, 6) is 1.29. The molecule has 100 valence electrons. The van der Waals surface area contributed by atoms with Gasteiger partial charge in [0, 0.05) is 5.92 Å². The fourth-order valence-electron chi connectivity index (χ4n) is 3.39. The number of carbonyl (C=O) groups excluding carboxylic acids is 1. The van der Waals surface area contributed by atoms with Gasteiger partial charge in [0.05, 0.1) is 0 Å². The largest absolute Gasteiger partial charge is 0.294 e. The normalized spacial score (nSPS) is 28.4. The van der Waals surface area contributed by atoms with Crippen LogP contribution < -0.4 is 0 Å². The minimum Gasteiger partial charge on any atom is -0.294 e. The van der Waals surface area contributed by atoms with Gasteiger partial charge in [0.1, 0.15) is 0 Å². The Balaban J connectivity index is 1.86.